The summed E-state index contributed by atoms with van der Waals surface area (Å²) in [6.07, 6.45) is 1.33. The van der Waals surface area contributed by atoms with E-state index < -0.39 is 11.7 Å². The van der Waals surface area contributed by atoms with Crippen molar-refractivity contribution in [2.45, 2.75) is 32.6 Å². The molecule has 8 heteroatoms. The minimum absolute atomic E-state index is 0.0521. The third kappa shape index (κ3) is 3.26. The van der Waals surface area contributed by atoms with Crippen LogP contribution < -0.4 is 0 Å². The zero-order valence-corrected chi connectivity index (χ0v) is 15.2. The standard InChI is InChI=1S/C20H18F3N5/c1-2-11-28-17(26-16-8-5-9-24-19(16)28)13-27-12-10-25-18(27)14-6-3-4-7-15(14)20(21,22)23/h3-10,12H,2,11,13H2,1H3. The van der Waals surface area contributed by atoms with E-state index in [1.807, 2.05) is 16.7 Å². The van der Waals surface area contributed by atoms with Crippen molar-refractivity contribution in [2.24, 2.45) is 0 Å². The zero-order valence-electron chi connectivity index (χ0n) is 15.2. The van der Waals surface area contributed by atoms with Crippen LogP contribution in [0.2, 0.25) is 0 Å². The van der Waals surface area contributed by atoms with Gasteiger partial charge < -0.3 is 9.13 Å². The van der Waals surface area contributed by atoms with Crippen molar-refractivity contribution < 1.29 is 13.2 Å². The van der Waals surface area contributed by atoms with Crippen molar-refractivity contribution in [2.75, 3.05) is 0 Å². The van der Waals surface area contributed by atoms with Crippen molar-refractivity contribution in [3.05, 3.63) is 66.4 Å². The zero-order chi connectivity index (χ0) is 19.7. The molecule has 5 nitrogen and oxygen atoms in total. The molecule has 0 bridgehead atoms. The van der Waals surface area contributed by atoms with E-state index in [2.05, 4.69) is 21.9 Å². The number of alkyl halides is 3. The first-order valence-corrected chi connectivity index (χ1v) is 8.97. The van der Waals surface area contributed by atoms with Crippen LogP contribution in [0.5, 0.6) is 0 Å². The Morgan fingerprint density at radius 2 is 1.82 bits per heavy atom. The Kier molecular flexibility index (Phi) is 4.62. The molecule has 0 unspecified atom stereocenters. The van der Waals surface area contributed by atoms with E-state index in [9.17, 15) is 13.2 Å². The van der Waals surface area contributed by atoms with Crippen molar-refractivity contribution in [3.8, 4) is 11.4 Å². The molecule has 0 aliphatic heterocycles. The quantitative estimate of drug-likeness (QED) is 0.497. The predicted octanol–water partition coefficient (Wildman–Crippen LogP) is 4.77. The SMILES string of the molecule is CCCn1c(Cn2ccnc2-c2ccccc2C(F)(F)F)nc2cccnc21. The summed E-state index contributed by atoms with van der Waals surface area (Å²) in [5.41, 5.74) is 0.891. The van der Waals surface area contributed by atoms with Crippen LogP contribution in [-0.2, 0) is 19.3 Å². The van der Waals surface area contributed by atoms with Gasteiger partial charge in [0.2, 0.25) is 0 Å². The van der Waals surface area contributed by atoms with Gasteiger partial charge in [-0.05, 0) is 24.6 Å². The molecule has 0 amide bonds. The molecular weight excluding hydrogens is 367 g/mol. The van der Waals surface area contributed by atoms with Gasteiger partial charge in [0.05, 0.1) is 12.1 Å². The summed E-state index contributed by atoms with van der Waals surface area (Å²) in [5.74, 6) is 0.996. The molecule has 144 valence electrons. The van der Waals surface area contributed by atoms with Gasteiger partial charge >= 0.3 is 6.18 Å². The van der Waals surface area contributed by atoms with Crippen molar-refractivity contribution in [1.82, 2.24) is 24.1 Å². The lowest BCUT2D eigenvalue weighted by molar-refractivity contribution is -0.137. The van der Waals surface area contributed by atoms with Gasteiger partial charge in [-0.2, -0.15) is 13.2 Å². The summed E-state index contributed by atoms with van der Waals surface area (Å²) >= 11 is 0. The number of halogens is 3. The van der Waals surface area contributed by atoms with E-state index in [0.717, 1.165) is 36.0 Å². The van der Waals surface area contributed by atoms with Crippen LogP contribution in [0.1, 0.15) is 24.7 Å². The van der Waals surface area contributed by atoms with Crippen LogP contribution in [0, 0.1) is 0 Å². The number of hydrogen-bond donors (Lipinski definition) is 0. The molecule has 3 aromatic heterocycles. The Bertz CT molecular complexity index is 1110. The molecule has 1 aromatic carbocycles. The highest BCUT2D eigenvalue weighted by Crippen LogP contribution is 2.36. The molecule has 0 saturated carbocycles. The average molecular weight is 385 g/mol. The van der Waals surface area contributed by atoms with Gasteiger partial charge in [0, 0.05) is 30.7 Å². The Hall–Kier alpha value is -3.16. The monoisotopic (exact) mass is 385 g/mol. The molecular formula is C20H18F3N5. The van der Waals surface area contributed by atoms with Crippen LogP contribution in [0.15, 0.2) is 55.0 Å². The lowest BCUT2D eigenvalue weighted by atomic mass is 10.1. The number of aryl methyl sites for hydroxylation is 1. The van der Waals surface area contributed by atoms with Crippen molar-refractivity contribution >= 4 is 11.2 Å². The van der Waals surface area contributed by atoms with Crippen LogP contribution in [0.25, 0.3) is 22.6 Å². The lowest BCUT2D eigenvalue weighted by Gasteiger charge is -2.14. The van der Waals surface area contributed by atoms with Crippen molar-refractivity contribution in [3.63, 3.8) is 0 Å². The fourth-order valence-electron chi connectivity index (χ4n) is 3.34. The summed E-state index contributed by atoms with van der Waals surface area (Å²) in [7, 11) is 0. The molecule has 0 aliphatic rings. The number of fused-ring (bicyclic) bond motifs is 1. The topological polar surface area (TPSA) is 48.5 Å². The van der Waals surface area contributed by atoms with Gasteiger partial charge in [-0.3, -0.25) is 0 Å². The largest absolute Gasteiger partial charge is 0.417 e. The summed E-state index contributed by atoms with van der Waals surface area (Å²) in [6, 6.07) is 9.18. The first-order chi connectivity index (χ1) is 13.5. The van der Waals surface area contributed by atoms with Crippen LogP contribution in [0.4, 0.5) is 13.2 Å². The van der Waals surface area contributed by atoms with Gasteiger partial charge in [0.15, 0.2) is 5.65 Å². The Labute approximate surface area is 159 Å². The second-order valence-electron chi connectivity index (χ2n) is 6.45. The van der Waals surface area contributed by atoms with Gasteiger partial charge in [-0.25, -0.2) is 15.0 Å². The first kappa shape index (κ1) is 18.2. The van der Waals surface area contributed by atoms with E-state index in [0.29, 0.717) is 6.54 Å². The number of rotatable bonds is 5. The van der Waals surface area contributed by atoms with E-state index in [1.165, 1.54) is 18.3 Å². The highest BCUT2D eigenvalue weighted by Gasteiger charge is 2.34. The predicted molar refractivity (Wildman–Crippen MR) is 99.6 cm³/mol. The summed E-state index contributed by atoms with van der Waals surface area (Å²) in [4.78, 5) is 13.2. The maximum atomic E-state index is 13.4. The Balaban J connectivity index is 1.79. The maximum absolute atomic E-state index is 13.4. The van der Waals surface area contributed by atoms with Gasteiger partial charge in [0.25, 0.3) is 0 Å². The lowest BCUT2D eigenvalue weighted by Crippen LogP contribution is -2.12. The van der Waals surface area contributed by atoms with E-state index in [-0.39, 0.29) is 11.4 Å². The molecule has 0 saturated heterocycles. The van der Waals surface area contributed by atoms with Gasteiger partial charge in [-0.15, -0.1) is 0 Å². The van der Waals surface area contributed by atoms with Gasteiger partial charge in [0.1, 0.15) is 17.2 Å². The molecule has 0 fully saturated rings. The molecule has 0 N–H and O–H groups in total. The third-order valence-electron chi connectivity index (χ3n) is 4.53. The highest BCUT2D eigenvalue weighted by molar-refractivity contribution is 5.71. The second kappa shape index (κ2) is 7.10. The number of imidazole rings is 2. The second-order valence-corrected chi connectivity index (χ2v) is 6.45. The molecule has 3 heterocycles. The molecule has 4 aromatic rings. The van der Waals surface area contributed by atoms with E-state index in [1.54, 1.807) is 23.0 Å². The molecule has 28 heavy (non-hydrogen) atoms. The average Bonchev–Trinajstić information content (AvgIpc) is 3.27. The number of benzene rings is 1. The fourth-order valence-corrected chi connectivity index (χ4v) is 3.34. The molecule has 0 aliphatic carbocycles. The molecule has 0 spiro atoms. The highest BCUT2D eigenvalue weighted by atomic mass is 19.4. The minimum atomic E-state index is -4.45. The maximum Gasteiger partial charge on any atom is 0.417 e. The number of hydrogen-bond acceptors (Lipinski definition) is 3. The smallest absolute Gasteiger partial charge is 0.323 e. The Morgan fingerprint density at radius 1 is 1.00 bits per heavy atom. The molecule has 0 atom stereocenters. The minimum Gasteiger partial charge on any atom is -0.323 e. The molecule has 0 radical (unpaired) electrons. The fraction of sp³-hybridized carbons (Fsp3) is 0.250. The first-order valence-electron chi connectivity index (χ1n) is 8.97. The van der Waals surface area contributed by atoms with E-state index >= 15 is 0 Å². The van der Waals surface area contributed by atoms with Crippen LogP contribution in [0.3, 0.4) is 0 Å². The summed E-state index contributed by atoms with van der Waals surface area (Å²) in [5, 5.41) is 0. The normalized spacial score (nSPS) is 12.0. The third-order valence-corrected chi connectivity index (χ3v) is 4.53. The van der Waals surface area contributed by atoms with Crippen LogP contribution >= 0.6 is 0 Å². The van der Waals surface area contributed by atoms with Crippen molar-refractivity contribution in [1.29, 1.82) is 0 Å². The van der Waals surface area contributed by atoms with E-state index in [4.69, 9.17) is 0 Å². The van der Waals surface area contributed by atoms with Gasteiger partial charge in [-0.1, -0.05) is 25.1 Å². The number of nitrogens with zero attached hydrogens (tertiary/aromatic N) is 5. The molecule has 4 rings (SSSR count). The number of pyridine rings is 1. The summed E-state index contributed by atoms with van der Waals surface area (Å²) in [6.45, 7) is 3.09. The van der Waals surface area contributed by atoms with Crippen LogP contribution in [-0.4, -0.2) is 24.1 Å². The summed E-state index contributed by atoms with van der Waals surface area (Å²) < 4.78 is 44.0. The number of aromatic nitrogens is 5. The Morgan fingerprint density at radius 3 is 2.61 bits per heavy atom.